The van der Waals surface area contributed by atoms with Crippen molar-refractivity contribution >= 4 is 17.2 Å². The first-order chi connectivity index (χ1) is 10.3. The molecule has 5 heteroatoms. The third-order valence-corrected chi connectivity index (χ3v) is 4.21. The van der Waals surface area contributed by atoms with Gasteiger partial charge in [0.05, 0.1) is 16.4 Å². The van der Waals surface area contributed by atoms with Crippen molar-refractivity contribution in [1.82, 2.24) is 15.0 Å². The molecule has 4 nitrogen and oxygen atoms in total. The van der Waals surface area contributed by atoms with E-state index in [1.807, 2.05) is 18.2 Å². The molecule has 3 aromatic rings. The van der Waals surface area contributed by atoms with E-state index < -0.39 is 0 Å². The standard InChI is InChI=1S/C16H16N4S/c1-2-12-13(18-10-19-16(12)17)8-15-20-14(9-21-15)11-6-4-3-5-7-11/h3-7,9-10H,2,8H2,1H3,(H2,17,18,19). The second kappa shape index (κ2) is 6.01. The topological polar surface area (TPSA) is 64.7 Å². The van der Waals surface area contributed by atoms with Gasteiger partial charge in [0.2, 0.25) is 0 Å². The molecule has 0 bridgehead atoms. The normalized spacial score (nSPS) is 10.7. The molecule has 0 saturated heterocycles. The van der Waals surface area contributed by atoms with E-state index in [0.29, 0.717) is 12.2 Å². The number of anilines is 1. The lowest BCUT2D eigenvalue weighted by atomic mass is 10.1. The van der Waals surface area contributed by atoms with Crippen LogP contribution in [0.15, 0.2) is 42.0 Å². The number of nitrogens with zero attached hydrogens (tertiary/aromatic N) is 3. The third kappa shape index (κ3) is 2.92. The Morgan fingerprint density at radius 3 is 2.71 bits per heavy atom. The minimum atomic E-state index is 0.572. The van der Waals surface area contributed by atoms with Gasteiger partial charge in [0.15, 0.2) is 0 Å². The van der Waals surface area contributed by atoms with Crippen molar-refractivity contribution in [3.05, 3.63) is 58.3 Å². The van der Waals surface area contributed by atoms with Crippen LogP contribution in [-0.2, 0) is 12.8 Å². The quantitative estimate of drug-likeness (QED) is 0.802. The van der Waals surface area contributed by atoms with Gasteiger partial charge in [-0.15, -0.1) is 11.3 Å². The summed E-state index contributed by atoms with van der Waals surface area (Å²) in [5.74, 6) is 0.572. The molecule has 0 aliphatic carbocycles. The molecule has 0 fully saturated rings. The summed E-state index contributed by atoms with van der Waals surface area (Å²) in [6, 6.07) is 10.2. The largest absolute Gasteiger partial charge is 0.383 e. The van der Waals surface area contributed by atoms with E-state index in [0.717, 1.165) is 33.9 Å². The number of benzene rings is 1. The summed E-state index contributed by atoms with van der Waals surface area (Å²) >= 11 is 1.65. The van der Waals surface area contributed by atoms with Gasteiger partial charge in [-0.1, -0.05) is 37.3 Å². The zero-order valence-corrected chi connectivity index (χ0v) is 12.6. The van der Waals surface area contributed by atoms with E-state index in [1.54, 1.807) is 11.3 Å². The second-order valence-corrected chi connectivity index (χ2v) is 5.65. The molecule has 3 rings (SSSR count). The van der Waals surface area contributed by atoms with Crippen LogP contribution in [-0.4, -0.2) is 15.0 Å². The Balaban J connectivity index is 1.87. The molecule has 2 heterocycles. The van der Waals surface area contributed by atoms with Crippen LogP contribution in [0.3, 0.4) is 0 Å². The van der Waals surface area contributed by atoms with E-state index in [-0.39, 0.29) is 0 Å². The zero-order valence-electron chi connectivity index (χ0n) is 11.8. The summed E-state index contributed by atoms with van der Waals surface area (Å²) in [5, 5.41) is 3.13. The molecular formula is C16H16N4S. The Labute approximate surface area is 127 Å². The van der Waals surface area contributed by atoms with Gasteiger partial charge in [0, 0.05) is 22.9 Å². The molecule has 0 amide bonds. The molecule has 21 heavy (non-hydrogen) atoms. The fourth-order valence-corrected chi connectivity index (χ4v) is 3.09. The third-order valence-electron chi connectivity index (χ3n) is 3.36. The molecule has 0 radical (unpaired) electrons. The summed E-state index contributed by atoms with van der Waals surface area (Å²) in [7, 11) is 0. The maximum absolute atomic E-state index is 5.91. The fraction of sp³-hybridized carbons (Fsp3) is 0.188. The van der Waals surface area contributed by atoms with Gasteiger partial charge in [-0.25, -0.2) is 15.0 Å². The van der Waals surface area contributed by atoms with Crippen molar-refractivity contribution in [3.63, 3.8) is 0 Å². The first-order valence-electron chi connectivity index (χ1n) is 6.86. The summed E-state index contributed by atoms with van der Waals surface area (Å²) in [5.41, 5.74) is 10.1. The lowest BCUT2D eigenvalue weighted by Gasteiger charge is -2.06. The molecule has 0 spiro atoms. The Kier molecular flexibility index (Phi) is 3.92. The van der Waals surface area contributed by atoms with E-state index in [1.165, 1.54) is 6.33 Å². The van der Waals surface area contributed by atoms with Gasteiger partial charge in [-0.05, 0) is 6.42 Å². The van der Waals surface area contributed by atoms with Crippen molar-refractivity contribution in [3.8, 4) is 11.3 Å². The fourth-order valence-electron chi connectivity index (χ4n) is 2.28. The number of rotatable bonds is 4. The zero-order chi connectivity index (χ0) is 14.7. The predicted molar refractivity (Wildman–Crippen MR) is 86.2 cm³/mol. The van der Waals surface area contributed by atoms with Crippen LogP contribution in [0.25, 0.3) is 11.3 Å². The second-order valence-electron chi connectivity index (χ2n) is 4.71. The van der Waals surface area contributed by atoms with E-state index in [4.69, 9.17) is 10.7 Å². The Bertz CT molecular complexity index is 737. The van der Waals surface area contributed by atoms with Gasteiger partial charge >= 0.3 is 0 Å². The Hall–Kier alpha value is -2.27. The van der Waals surface area contributed by atoms with Crippen molar-refractivity contribution in [2.24, 2.45) is 0 Å². The number of hydrogen-bond donors (Lipinski definition) is 1. The molecule has 0 aliphatic heterocycles. The van der Waals surface area contributed by atoms with Crippen molar-refractivity contribution in [1.29, 1.82) is 0 Å². The maximum Gasteiger partial charge on any atom is 0.130 e. The van der Waals surface area contributed by atoms with Crippen molar-refractivity contribution in [2.45, 2.75) is 19.8 Å². The minimum Gasteiger partial charge on any atom is -0.383 e. The average molecular weight is 296 g/mol. The van der Waals surface area contributed by atoms with E-state index in [9.17, 15) is 0 Å². The number of aromatic nitrogens is 3. The molecule has 106 valence electrons. The molecule has 0 aliphatic rings. The first-order valence-corrected chi connectivity index (χ1v) is 7.74. The lowest BCUT2D eigenvalue weighted by molar-refractivity contribution is 0.950. The highest BCUT2D eigenvalue weighted by Gasteiger charge is 2.11. The van der Waals surface area contributed by atoms with Crippen LogP contribution < -0.4 is 5.73 Å². The number of nitrogen functional groups attached to an aromatic ring is 1. The molecule has 1 aromatic carbocycles. The highest BCUT2D eigenvalue weighted by molar-refractivity contribution is 7.10. The van der Waals surface area contributed by atoms with Gasteiger partial charge in [0.1, 0.15) is 12.1 Å². The summed E-state index contributed by atoms with van der Waals surface area (Å²) in [4.78, 5) is 13.1. The van der Waals surface area contributed by atoms with E-state index >= 15 is 0 Å². The van der Waals surface area contributed by atoms with Crippen LogP contribution in [0.5, 0.6) is 0 Å². The molecule has 0 saturated carbocycles. The van der Waals surface area contributed by atoms with Gasteiger partial charge in [-0.2, -0.15) is 0 Å². The highest BCUT2D eigenvalue weighted by Crippen LogP contribution is 2.24. The maximum atomic E-state index is 5.91. The molecular weight excluding hydrogens is 280 g/mol. The van der Waals surface area contributed by atoms with Gasteiger partial charge < -0.3 is 5.73 Å². The number of thiazole rings is 1. The van der Waals surface area contributed by atoms with Gasteiger partial charge in [-0.3, -0.25) is 0 Å². The monoisotopic (exact) mass is 296 g/mol. The molecule has 2 aromatic heterocycles. The van der Waals surface area contributed by atoms with Crippen LogP contribution in [0.4, 0.5) is 5.82 Å². The summed E-state index contributed by atoms with van der Waals surface area (Å²) in [6.07, 6.45) is 3.06. The summed E-state index contributed by atoms with van der Waals surface area (Å²) in [6.45, 7) is 2.07. The average Bonchev–Trinajstić information content (AvgIpc) is 2.97. The summed E-state index contributed by atoms with van der Waals surface area (Å²) < 4.78 is 0. The smallest absolute Gasteiger partial charge is 0.130 e. The Morgan fingerprint density at radius 1 is 1.14 bits per heavy atom. The Morgan fingerprint density at radius 2 is 1.95 bits per heavy atom. The van der Waals surface area contributed by atoms with Crippen LogP contribution in [0, 0.1) is 0 Å². The molecule has 0 atom stereocenters. The number of hydrogen-bond acceptors (Lipinski definition) is 5. The van der Waals surface area contributed by atoms with Crippen molar-refractivity contribution in [2.75, 3.05) is 5.73 Å². The van der Waals surface area contributed by atoms with Crippen LogP contribution >= 0.6 is 11.3 Å². The molecule has 2 N–H and O–H groups in total. The van der Waals surface area contributed by atoms with Crippen LogP contribution in [0.2, 0.25) is 0 Å². The highest BCUT2D eigenvalue weighted by atomic mass is 32.1. The minimum absolute atomic E-state index is 0.572. The first kappa shape index (κ1) is 13.7. The number of nitrogens with two attached hydrogens (primary N) is 1. The molecule has 0 unspecified atom stereocenters. The SMILES string of the molecule is CCc1c(N)ncnc1Cc1nc(-c2ccccc2)cs1. The van der Waals surface area contributed by atoms with Crippen LogP contribution in [0.1, 0.15) is 23.2 Å². The van der Waals surface area contributed by atoms with Gasteiger partial charge in [0.25, 0.3) is 0 Å². The predicted octanol–water partition coefficient (Wildman–Crippen LogP) is 3.34. The van der Waals surface area contributed by atoms with Crippen molar-refractivity contribution < 1.29 is 0 Å². The lowest BCUT2D eigenvalue weighted by Crippen LogP contribution is -2.05. The van der Waals surface area contributed by atoms with E-state index in [2.05, 4.69) is 34.4 Å².